The number of aromatic nitrogens is 2. The Balaban J connectivity index is 1.26. The highest BCUT2D eigenvalue weighted by Gasteiger charge is 2.54. The summed E-state index contributed by atoms with van der Waals surface area (Å²) in [5.41, 5.74) is 0.998. The van der Waals surface area contributed by atoms with Crippen LogP contribution in [0.5, 0.6) is 0 Å². The number of carbonyl (C=O) groups excluding carboxylic acids is 4. The molecule has 41 heavy (non-hydrogen) atoms. The van der Waals surface area contributed by atoms with Crippen molar-refractivity contribution in [2.24, 2.45) is 0 Å². The van der Waals surface area contributed by atoms with Crippen molar-refractivity contribution in [3.8, 4) is 0 Å². The van der Waals surface area contributed by atoms with Crippen LogP contribution in [0.25, 0.3) is 11.0 Å². The fourth-order valence-corrected chi connectivity index (χ4v) is 5.97. The molecule has 14 nitrogen and oxygen atoms in total. The lowest BCUT2D eigenvalue weighted by Crippen LogP contribution is -2.70. The van der Waals surface area contributed by atoms with Gasteiger partial charge in [0.1, 0.15) is 23.7 Å². The minimum absolute atomic E-state index is 0.182. The summed E-state index contributed by atoms with van der Waals surface area (Å²) < 4.78 is 5.91. The number of hydrogen-bond acceptors (Lipinski definition) is 8. The third kappa shape index (κ3) is 5.26. The predicted molar refractivity (Wildman–Crippen MR) is 147 cm³/mol. The molecule has 1 saturated heterocycles. The quantitative estimate of drug-likeness (QED) is 0.254. The second-order valence-corrected chi connectivity index (χ2v) is 10.2. The van der Waals surface area contributed by atoms with E-state index >= 15 is 0 Å². The van der Waals surface area contributed by atoms with Crippen LogP contribution in [0.2, 0.25) is 0 Å². The second kappa shape index (κ2) is 11.2. The maximum Gasteiger partial charge on any atom is 0.407 e. The lowest BCUT2D eigenvalue weighted by atomic mass is 10.0. The van der Waals surface area contributed by atoms with E-state index in [1.807, 2.05) is 0 Å². The van der Waals surface area contributed by atoms with Gasteiger partial charge in [0.05, 0.1) is 17.5 Å². The number of amides is 4. The number of alkyl carbamates (subject to hydrolysis) is 1. The van der Waals surface area contributed by atoms with Crippen molar-refractivity contribution < 1.29 is 33.8 Å². The summed E-state index contributed by atoms with van der Waals surface area (Å²) >= 11 is 1.24. The van der Waals surface area contributed by atoms with Gasteiger partial charge in [-0.15, -0.1) is 11.8 Å². The molecule has 0 saturated carbocycles. The molecule has 0 spiro atoms. The van der Waals surface area contributed by atoms with E-state index in [0.717, 1.165) is 9.47 Å². The maximum atomic E-state index is 13.0. The van der Waals surface area contributed by atoms with Gasteiger partial charge in [0, 0.05) is 24.1 Å². The Morgan fingerprint density at radius 1 is 1.10 bits per heavy atom. The number of anilines is 1. The number of carboxylic acids is 1. The molecule has 1 aromatic heterocycles. The fourth-order valence-electron chi connectivity index (χ4n) is 4.64. The zero-order valence-corrected chi connectivity index (χ0v) is 22.3. The lowest BCUT2D eigenvalue weighted by Gasteiger charge is -2.49. The predicted octanol–water partition coefficient (Wildman–Crippen LogP) is 1.05. The highest BCUT2D eigenvalue weighted by molar-refractivity contribution is 8.00. The van der Waals surface area contributed by atoms with Gasteiger partial charge in [-0.25, -0.2) is 23.7 Å². The number of rotatable bonds is 7. The molecular weight excluding hydrogens is 556 g/mol. The van der Waals surface area contributed by atoms with Crippen LogP contribution in [0, 0.1) is 0 Å². The Hall–Kier alpha value is -5.05. The molecule has 1 fully saturated rings. The van der Waals surface area contributed by atoms with E-state index in [2.05, 4.69) is 20.9 Å². The minimum atomic E-state index is -1.34. The normalized spacial score (nSPS) is 17.9. The molecule has 3 heterocycles. The van der Waals surface area contributed by atoms with E-state index < -0.39 is 47.0 Å². The number of hydrogen-bond donors (Lipinski definition) is 5. The van der Waals surface area contributed by atoms with E-state index in [-0.39, 0.29) is 30.1 Å². The average molecular weight is 581 g/mol. The van der Waals surface area contributed by atoms with Crippen LogP contribution in [0.1, 0.15) is 5.56 Å². The number of imidazole rings is 1. The molecule has 15 heteroatoms. The molecule has 2 aliphatic heterocycles. The number of benzene rings is 2. The summed E-state index contributed by atoms with van der Waals surface area (Å²) in [6.45, 7) is -0.297. The number of ether oxygens (including phenoxy) is 1. The van der Waals surface area contributed by atoms with E-state index in [9.17, 15) is 33.9 Å². The van der Waals surface area contributed by atoms with Crippen LogP contribution < -0.4 is 21.6 Å². The van der Waals surface area contributed by atoms with Gasteiger partial charge in [0.2, 0.25) is 5.91 Å². The van der Waals surface area contributed by atoms with Gasteiger partial charge < -0.3 is 30.8 Å². The number of β-lactam (4-membered cyclic amide) rings is 1. The molecule has 5 rings (SSSR count). The summed E-state index contributed by atoms with van der Waals surface area (Å²) in [5, 5.41) is 16.7. The van der Waals surface area contributed by atoms with Crippen LogP contribution >= 0.6 is 11.8 Å². The van der Waals surface area contributed by atoms with Crippen LogP contribution in [0.3, 0.4) is 0 Å². The van der Waals surface area contributed by atoms with E-state index in [4.69, 9.17) is 4.74 Å². The maximum absolute atomic E-state index is 13.0. The van der Waals surface area contributed by atoms with Gasteiger partial charge in [-0.1, -0.05) is 30.3 Å². The van der Waals surface area contributed by atoms with E-state index in [0.29, 0.717) is 22.3 Å². The van der Waals surface area contributed by atoms with Crippen LogP contribution in [0.15, 0.2) is 64.6 Å². The number of fused-ring (bicyclic) bond motifs is 2. The Morgan fingerprint density at radius 2 is 1.83 bits per heavy atom. The van der Waals surface area contributed by atoms with E-state index in [1.54, 1.807) is 48.5 Å². The van der Waals surface area contributed by atoms with Crippen molar-refractivity contribution in [2.75, 3.05) is 24.7 Å². The average Bonchev–Trinajstić information content (AvgIpc) is 3.30. The second-order valence-electron chi connectivity index (χ2n) is 9.09. The molecule has 1 unspecified atom stereocenters. The largest absolute Gasteiger partial charge is 0.477 e. The monoisotopic (exact) mass is 580 g/mol. The molecule has 3 aromatic rings. The summed E-state index contributed by atoms with van der Waals surface area (Å²) in [5.74, 6) is -2.29. The number of nitrogens with one attached hydrogen (secondary N) is 4. The number of aromatic amines is 1. The number of para-hydroxylation sites is 3. The number of aliphatic carboxylic acids is 1. The molecule has 2 aliphatic rings. The highest BCUT2D eigenvalue weighted by atomic mass is 32.2. The lowest BCUT2D eigenvalue weighted by molar-refractivity contribution is -0.150. The Bertz CT molecular complexity index is 1680. The third-order valence-corrected chi connectivity index (χ3v) is 7.89. The first-order valence-electron chi connectivity index (χ1n) is 12.3. The topological polar surface area (TPSA) is 192 Å². The smallest absolute Gasteiger partial charge is 0.407 e. The fraction of sp³-hybridized carbons (Fsp3) is 0.231. The molecule has 0 radical (unpaired) electrons. The first-order chi connectivity index (χ1) is 19.7. The number of nitrogens with zero attached hydrogens (tertiary/aromatic N) is 2. The van der Waals surface area contributed by atoms with Crippen LogP contribution in [0.4, 0.5) is 15.3 Å². The van der Waals surface area contributed by atoms with Crippen molar-refractivity contribution in [3.63, 3.8) is 0 Å². The first kappa shape index (κ1) is 27.5. The number of carbonyl (C=O) groups is 5. The first-order valence-corrected chi connectivity index (χ1v) is 13.4. The summed E-state index contributed by atoms with van der Waals surface area (Å²) in [4.78, 5) is 78.3. The summed E-state index contributed by atoms with van der Waals surface area (Å²) in [6, 6.07) is 11.6. The molecule has 5 N–H and O–H groups in total. The van der Waals surface area contributed by atoms with Crippen LogP contribution in [-0.2, 0) is 25.5 Å². The summed E-state index contributed by atoms with van der Waals surface area (Å²) in [6.07, 6.45) is -0.938. The van der Waals surface area contributed by atoms with Crippen molar-refractivity contribution in [1.82, 2.24) is 25.1 Å². The van der Waals surface area contributed by atoms with Gasteiger partial charge in [-0.05, 0) is 23.8 Å². The van der Waals surface area contributed by atoms with Crippen molar-refractivity contribution >= 4 is 58.4 Å². The van der Waals surface area contributed by atoms with Crippen molar-refractivity contribution in [1.29, 1.82) is 0 Å². The van der Waals surface area contributed by atoms with Crippen LogP contribution in [-0.4, -0.2) is 80.3 Å². The highest BCUT2D eigenvalue weighted by Crippen LogP contribution is 2.40. The van der Waals surface area contributed by atoms with Gasteiger partial charge in [-0.2, -0.15) is 0 Å². The summed E-state index contributed by atoms with van der Waals surface area (Å²) in [7, 11) is 1.37. The minimum Gasteiger partial charge on any atom is -0.477 e. The molecule has 2 atom stereocenters. The molecule has 4 amide bonds. The number of thioether (sulfide) groups is 1. The van der Waals surface area contributed by atoms with Gasteiger partial charge in [0.15, 0.2) is 0 Å². The SMILES string of the molecule is CNC(=O)OCC1=C(C(=O)O)N2C(=O)C(NC(=O)Cc3ccccc3NC(=O)n3c(=O)[nH]c4ccccc43)[C@H]2SC1. The molecule has 212 valence electrons. The molecule has 2 aromatic carbocycles. The molecule has 0 aliphatic carbocycles. The Kier molecular flexibility index (Phi) is 7.52. The third-order valence-electron chi connectivity index (χ3n) is 6.55. The number of carboxylic acid groups (broad SMARTS) is 1. The Labute approximate surface area is 235 Å². The van der Waals surface area contributed by atoms with Crippen molar-refractivity contribution in [3.05, 3.63) is 75.8 Å². The van der Waals surface area contributed by atoms with Gasteiger partial charge >= 0.3 is 23.8 Å². The zero-order valence-electron chi connectivity index (χ0n) is 21.5. The van der Waals surface area contributed by atoms with E-state index in [1.165, 1.54) is 18.8 Å². The Morgan fingerprint density at radius 3 is 2.59 bits per heavy atom. The van der Waals surface area contributed by atoms with Gasteiger partial charge in [-0.3, -0.25) is 14.5 Å². The zero-order chi connectivity index (χ0) is 29.3. The van der Waals surface area contributed by atoms with Gasteiger partial charge in [0.25, 0.3) is 5.91 Å². The van der Waals surface area contributed by atoms with Crippen molar-refractivity contribution in [2.45, 2.75) is 17.8 Å². The number of H-pyrrole nitrogens is 1. The standard InChI is InChI=1S/C26H24N6O8S/c1-27-26(39)40-11-14-12-41-22-19(21(34)32(22)20(14)23(35)36)30-18(33)10-13-6-2-3-7-15(13)28-24(37)31-17-9-5-4-8-16(17)29-25(31)38/h2-9,19,22H,10-12H2,1H3,(H,27,39)(H,28,37)(H,29,38)(H,30,33)(H,35,36)/t19?,22-/m1/s1. The molecule has 0 bridgehead atoms. The molecular formula is C26H24N6O8S.